The smallest absolute Gasteiger partial charge is 0.143 e. The molecule has 2 aromatic heterocycles. The normalized spacial score (nSPS) is 17.9. The molecule has 0 amide bonds. The van der Waals surface area contributed by atoms with Gasteiger partial charge in [0, 0.05) is 30.8 Å². The first-order chi connectivity index (χ1) is 7.66. The average molecular weight is 219 g/mol. The number of halogens is 1. The predicted octanol–water partition coefficient (Wildman–Crippen LogP) is 1.70. The van der Waals surface area contributed by atoms with E-state index in [-0.39, 0.29) is 11.2 Å². The van der Waals surface area contributed by atoms with Crippen LogP contribution in [-0.4, -0.2) is 16.1 Å². The van der Waals surface area contributed by atoms with Gasteiger partial charge in [0.2, 0.25) is 0 Å². The van der Waals surface area contributed by atoms with Gasteiger partial charge < -0.3 is 10.3 Å². The Bertz CT molecular complexity index is 555. The first-order valence-corrected chi connectivity index (χ1v) is 5.48. The summed E-state index contributed by atoms with van der Waals surface area (Å²) in [4.78, 5) is 4.10. The molecule has 0 spiro atoms. The zero-order valence-corrected chi connectivity index (χ0v) is 9.20. The molecule has 2 aromatic rings. The highest BCUT2D eigenvalue weighted by molar-refractivity contribution is 5.77. The van der Waals surface area contributed by atoms with Crippen molar-refractivity contribution in [1.82, 2.24) is 9.55 Å². The van der Waals surface area contributed by atoms with Crippen molar-refractivity contribution in [3.05, 3.63) is 29.8 Å². The molecule has 0 saturated heterocycles. The lowest BCUT2D eigenvalue weighted by Gasteiger charge is -2.13. The maximum atomic E-state index is 13.1. The SMILES string of the molecule is Cn1c(C2(CN)CC2)cc2ncc(F)cc21. The Morgan fingerprint density at radius 3 is 2.88 bits per heavy atom. The summed E-state index contributed by atoms with van der Waals surface area (Å²) in [6.07, 6.45) is 3.50. The van der Waals surface area contributed by atoms with Crippen LogP contribution in [0.5, 0.6) is 0 Å². The van der Waals surface area contributed by atoms with Gasteiger partial charge in [-0.05, 0) is 18.9 Å². The van der Waals surface area contributed by atoms with Crippen LogP contribution in [0.25, 0.3) is 11.0 Å². The van der Waals surface area contributed by atoms with E-state index in [9.17, 15) is 4.39 Å². The van der Waals surface area contributed by atoms with Crippen LogP contribution < -0.4 is 5.73 Å². The summed E-state index contributed by atoms with van der Waals surface area (Å²) in [7, 11) is 1.95. The number of hydrogen-bond donors (Lipinski definition) is 1. The van der Waals surface area contributed by atoms with Crippen LogP contribution in [0.1, 0.15) is 18.5 Å². The van der Waals surface area contributed by atoms with Crippen LogP contribution in [0, 0.1) is 5.82 Å². The Morgan fingerprint density at radius 1 is 1.50 bits per heavy atom. The van der Waals surface area contributed by atoms with E-state index in [1.54, 1.807) is 0 Å². The van der Waals surface area contributed by atoms with E-state index >= 15 is 0 Å². The first kappa shape index (κ1) is 9.78. The van der Waals surface area contributed by atoms with E-state index < -0.39 is 0 Å². The first-order valence-electron chi connectivity index (χ1n) is 5.48. The number of nitrogens with two attached hydrogens (primary N) is 1. The third-order valence-electron chi connectivity index (χ3n) is 3.65. The summed E-state index contributed by atoms with van der Waals surface area (Å²) in [5.74, 6) is -0.294. The Balaban J connectivity index is 2.24. The molecule has 0 atom stereocenters. The lowest BCUT2D eigenvalue weighted by Crippen LogP contribution is -2.22. The van der Waals surface area contributed by atoms with Crippen molar-refractivity contribution in [2.45, 2.75) is 18.3 Å². The molecule has 1 aliphatic carbocycles. The Morgan fingerprint density at radius 2 is 2.25 bits per heavy atom. The third-order valence-corrected chi connectivity index (χ3v) is 3.65. The average Bonchev–Trinajstić information content (AvgIpc) is 3.01. The van der Waals surface area contributed by atoms with Gasteiger partial charge in [-0.3, -0.25) is 4.98 Å². The molecular weight excluding hydrogens is 205 g/mol. The van der Waals surface area contributed by atoms with E-state index in [0.717, 1.165) is 23.9 Å². The summed E-state index contributed by atoms with van der Waals surface area (Å²) < 4.78 is 15.1. The monoisotopic (exact) mass is 219 g/mol. The van der Waals surface area contributed by atoms with Gasteiger partial charge in [-0.15, -0.1) is 0 Å². The maximum absolute atomic E-state index is 13.1. The van der Waals surface area contributed by atoms with E-state index in [0.29, 0.717) is 6.54 Å². The van der Waals surface area contributed by atoms with Gasteiger partial charge >= 0.3 is 0 Å². The molecular formula is C12H14FN3. The summed E-state index contributed by atoms with van der Waals surface area (Å²) in [5.41, 5.74) is 8.80. The van der Waals surface area contributed by atoms with Crippen molar-refractivity contribution >= 4 is 11.0 Å². The number of nitrogens with zero attached hydrogens (tertiary/aromatic N) is 2. The summed E-state index contributed by atoms with van der Waals surface area (Å²) in [6.45, 7) is 0.652. The molecule has 84 valence electrons. The highest BCUT2D eigenvalue weighted by atomic mass is 19.1. The second-order valence-corrected chi connectivity index (χ2v) is 4.63. The van der Waals surface area contributed by atoms with Gasteiger partial charge in [-0.2, -0.15) is 0 Å². The van der Waals surface area contributed by atoms with Crippen molar-refractivity contribution in [1.29, 1.82) is 0 Å². The molecule has 3 rings (SSSR count). The van der Waals surface area contributed by atoms with Gasteiger partial charge in [0.1, 0.15) is 5.82 Å². The number of rotatable bonds is 2. The molecule has 2 N–H and O–H groups in total. The van der Waals surface area contributed by atoms with Crippen LogP contribution in [-0.2, 0) is 12.5 Å². The maximum Gasteiger partial charge on any atom is 0.143 e. The van der Waals surface area contributed by atoms with E-state index in [1.165, 1.54) is 18.0 Å². The lowest BCUT2D eigenvalue weighted by molar-refractivity contribution is 0.621. The van der Waals surface area contributed by atoms with Crippen LogP contribution >= 0.6 is 0 Å². The van der Waals surface area contributed by atoms with Crippen LogP contribution in [0.15, 0.2) is 18.3 Å². The van der Waals surface area contributed by atoms with Gasteiger partial charge in [0.05, 0.1) is 17.2 Å². The minimum absolute atomic E-state index is 0.117. The van der Waals surface area contributed by atoms with E-state index in [1.807, 2.05) is 17.7 Å². The fourth-order valence-electron chi connectivity index (χ4n) is 2.40. The molecule has 2 heterocycles. The largest absolute Gasteiger partial charge is 0.346 e. The zero-order chi connectivity index (χ0) is 11.3. The molecule has 1 fully saturated rings. The second-order valence-electron chi connectivity index (χ2n) is 4.63. The highest BCUT2D eigenvalue weighted by Crippen LogP contribution is 2.48. The number of pyridine rings is 1. The highest BCUT2D eigenvalue weighted by Gasteiger charge is 2.45. The molecule has 1 aliphatic rings. The number of fused-ring (bicyclic) bond motifs is 1. The number of aryl methyl sites for hydroxylation is 1. The summed E-state index contributed by atoms with van der Waals surface area (Å²) in [6, 6.07) is 3.56. The van der Waals surface area contributed by atoms with Crippen molar-refractivity contribution in [3.8, 4) is 0 Å². The zero-order valence-electron chi connectivity index (χ0n) is 9.20. The Kier molecular flexibility index (Phi) is 1.86. The molecule has 1 saturated carbocycles. The van der Waals surface area contributed by atoms with Gasteiger partial charge in [-0.1, -0.05) is 0 Å². The fourth-order valence-corrected chi connectivity index (χ4v) is 2.40. The van der Waals surface area contributed by atoms with Crippen LogP contribution in [0.2, 0.25) is 0 Å². The third kappa shape index (κ3) is 1.19. The molecule has 0 aliphatic heterocycles. The van der Waals surface area contributed by atoms with Crippen molar-refractivity contribution in [3.63, 3.8) is 0 Å². The van der Waals surface area contributed by atoms with Gasteiger partial charge in [-0.25, -0.2) is 4.39 Å². The van der Waals surface area contributed by atoms with Crippen molar-refractivity contribution in [2.24, 2.45) is 12.8 Å². The summed E-state index contributed by atoms with van der Waals surface area (Å²) >= 11 is 0. The van der Waals surface area contributed by atoms with Crippen LogP contribution in [0.3, 0.4) is 0 Å². The van der Waals surface area contributed by atoms with Crippen molar-refractivity contribution in [2.75, 3.05) is 6.54 Å². The molecule has 0 bridgehead atoms. The molecule has 0 radical (unpaired) electrons. The predicted molar refractivity (Wildman–Crippen MR) is 60.6 cm³/mol. The van der Waals surface area contributed by atoms with Crippen LogP contribution in [0.4, 0.5) is 4.39 Å². The molecule has 0 aromatic carbocycles. The fraction of sp³-hybridized carbons (Fsp3) is 0.417. The Labute approximate surface area is 93.1 Å². The van der Waals surface area contributed by atoms with Gasteiger partial charge in [0.15, 0.2) is 0 Å². The minimum atomic E-state index is -0.294. The molecule has 16 heavy (non-hydrogen) atoms. The molecule has 3 nitrogen and oxygen atoms in total. The van der Waals surface area contributed by atoms with E-state index in [4.69, 9.17) is 5.73 Å². The molecule has 0 unspecified atom stereocenters. The quantitative estimate of drug-likeness (QED) is 0.835. The van der Waals surface area contributed by atoms with E-state index in [2.05, 4.69) is 4.98 Å². The minimum Gasteiger partial charge on any atom is -0.346 e. The molecule has 4 heteroatoms. The topological polar surface area (TPSA) is 43.8 Å². The number of aromatic nitrogens is 2. The summed E-state index contributed by atoms with van der Waals surface area (Å²) in [5, 5.41) is 0. The second kappa shape index (κ2) is 3.04. The van der Waals surface area contributed by atoms with Crippen molar-refractivity contribution < 1.29 is 4.39 Å². The standard InChI is InChI=1S/C12H14FN3/c1-16-10-4-8(13)6-15-9(10)5-11(16)12(7-14)2-3-12/h4-6H,2-3,7,14H2,1H3. The Hall–Kier alpha value is -1.42. The lowest BCUT2D eigenvalue weighted by atomic mass is 10.0. The van der Waals surface area contributed by atoms with Gasteiger partial charge in [0.25, 0.3) is 0 Å². The number of hydrogen-bond acceptors (Lipinski definition) is 2.